The summed E-state index contributed by atoms with van der Waals surface area (Å²) in [6, 6.07) is 20.5. The van der Waals surface area contributed by atoms with E-state index in [9.17, 15) is 0 Å². The van der Waals surface area contributed by atoms with Gasteiger partial charge in [0.25, 0.3) is 0 Å². The standard InChI is InChI=1S/C31H31N5O2S/c1-5-23-18-36(17-20(3)38-23)31-35-27-8-6-7-26(29(27)39-31)33-22-12-9-19(2)25(15-22)30-32-16-28(34-30)21-10-13-24(37-4)14-11-21/h5-16,20,23,33H,1,17-18H2,2-4H3,(H,32,34)/t20-,23+/m0/s1. The second kappa shape index (κ2) is 10.6. The number of H-pyrrole nitrogens is 1. The summed E-state index contributed by atoms with van der Waals surface area (Å²) in [4.78, 5) is 15.4. The third-order valence-electron chi connectivity index (χ3n) is 6.97. The molecule has 0 unspecified atom stereocenters. The summed E-state index contributed by atoms with van der Waals surface area (Å²) in [5.41, 5.74) is 7.23. The van der Waals surface area contributed by atoms with E-state index in [0.29, 0.717) is 0 Å². The molecule has 5 aromatic rings. The van der Waals surface area contributed by atoms with Crippen LogP contribution in [0.5, 0.6) is 5.75 Å². The number of aryl methyl sites for hydroxylation is 1. The number of aromatic amines is 1. The summed E-state index contributed by atoms with van der Waals surface area (Å²) in [6.45, 7) is 9.69. The molecule has 1 fully saturated rings. The van der Waals surface area contributed by atoms with Crippen LogP contribution < -0.4 is 15.0 Å². The van der Waals surface area contributed by atoms with Gasteiger partial charge >= 0.3 is 0 Å². The Labute approximate surface area is 232 Å². The number of anilines is 3. The summed E-state index contributed by atoms with van der Waals surface area (Å²) >= 11 is 1.71. The zero-order valence-electron chi connectivity index (χ0n) is 22.3. The highest BCUT2D eigenvalue weighted by Crippen LogP contribution is 2.37. The minimum absolute atomic E-state index is 0.0103. The topological polar surface area (TPSA) is 75.3 Å². The fraction of sp³-hybridized carbons (Fsp3) is 0.226. The van der Waals surface area contributed by atoms with Crippen molar-refractivity contribution < 1.29 is 9.47 Å². The van der Waals surface area contributed by atoms with Gasteiger partial charge in [-0.2, -0.15) is 0 Å². The van der Waals surface area contributed by atoms with Gasteiger partial charge in [0.2, 0.25) is 0 Å². The Hall–Kier alpha value is -4.14. The van der Waals surface area contributed by atoms with Crippen molar-refractivity contribution in [3.63, 3.8) is 0 Å². The molecule has 198 valence electrons. The van der Waals surface area contributed by atoms with Crippen LogP contribution in [0.25, 0.3) is 32.9 Å². The number of hydrogen-bond acceptors (Lipinski definition) is 7. The second-order valence-corrected chi connectivity index (χ2v) is 10.8. The molecule has 0 saturated carbocycles. The predicted octanol–water partition coefficient (Wildman–Crippen LogP) is 7.19. The zero-order chi connectivity index (χ0) is 26.9. The number of benzene rings is 3. The zero-order valence-corrected chi connectivity index (χ0v) is 23.1. The molecule has 2 N–H and O–H groups in total. The first kappa shape index (κ1) is 25.2. The maximum atomic E-state index is 5.95. The van der Waals surface area contributed by atoms with E-state index in [4.69, 9.17) is 19.4 Å². The van der Waals surface area contributed by atoms with Crippen molar-refractivity contribution in [2.75, 3.05) is 30.4 Å². The average molecular weight is 538 g/mol. The van der Waals surface area contributed by atoms with Crippen LogP contribution in [0.15, 0.2) is 79.5 Å². The van der Waals surface area contributed by atoms with Crippen LogP contribution in [0.1, 0.15) is 12.5 Å². The fourth-order valence-corrected chi connectivity index (χ4v) is 5.98. The van der Waals surface area contributed by atoms with Crippen molar-refractivity contribution in [1.82, 2.24) is 15.0 Å². The van der Waals surface area contributed by atoms with Crippen LogP contribution >= 0.6 is 11.3 Å². The summed E-state index contributed by atoms with van der Waals surface area (Å²) < 4.78 is 12.4. The highest BCUT2D eigenvalue weighted by molar-refractivity contribution is 7.22. The smallest absolute Gasteiger partial charge is 0.186 e. The molecule has 8 heteroatoms. The molecule has 0 radical (unpaired) electrons. The van der Waals surface area contributed by atoms with Crippen molar-refractivity contribution in [2.45, 2.75) is 26.1 Å². The van der Waals surface area contributed by atoms with Gasteiger partial charge in [0.15, 0.2) is 5.13 Å². The Bertz CT molecular complexity index is 1620. The maximum Gasteiger partial charge on any atom is 0.186 e. The molecule has 39 heavy (non-hydrogen) atoms. The molecule has 2 aromatic heterocycles. The normalized spacial score (nSPS) is 17.4. The van der Waals surface area contributed by atoms with Gasteiger partial charge < -0.3 is 24.7 Å². The lowest BCUT2D eigenvalue weighted by atomic mass is 10.1. The number of thiazole rings is 1. The molecular weight excluding hydrogens is 506 g/mol. The molecule has 1 saturated heterocycles. The van der Waals surface area contributed by atoms with Crippen LogP contribution in [-0.2, 0) is 4.74 Å². The minimum atomic E-state index is 0.0103. The lowest BCUT2D eigenvalue weighted by Crippen LogP contribution is -2.45. The van der Waals surface area contributed by atoms with Crippen LogP contribution in [0.4, 0.5) is 16.5 Å². The first-order valence-electron chi connectivity index (χ1n) is 13.0. The summed E-state index contributed by atoms with van der Waals surface area (Å²) in [6.07, 6.45) is 3.89. The SMILES string of the molecule is C=C[C@@H]1CN(c2nc3cccc(Nc4ccc(C)c(-c5ncc(-c6ccc(OC)cc6)[nH]5)c4)c3s2)C[C@H](C)O1. The number of imidazole rings is 1. The molecule has 0 amide bonds. The van der Waals surface area contributed by atoms with Crippen molar-refractivity contribution in [3.05, 3.63) is 85.1 Å². The number of aromatic nitrogens is 3. The summed E-state index contributed by atoms with van der Waals surface area (Å²) in [5, 5.41) is 4.64. The van der Waals surface area contributed by atoms with E-state index in [1.807, 2.05) is 42.6 Å². The van der Waals surface area contributed by atoms with E-state index in [-0.39, 0.29) is 12.2 Å². The molecule has 1 aliphatic heterocycles. The van der Waals surface area contributed by atoms with Gasteiger partial charge in [0, 0.05) is 17.8 Å². The van der Waals surface area contributed by atoms with Crippen molar-refractivity contribution in [3.8, 4) is 28.4 Å². The number of fused-ring (bicyclic) bond motifs is 1. The molecule has 1 aliphatic rings. The Morgan fingerprint density at radius 2 is 2.00 bits per heavy atom. The van der Waals surface area contributed by atoms with Crippen LogP contribution in [-0.4, -0.2) is 47.4 Å². The molecule has 2 atom stereocenters. The molecule has 0 bridgehead atoms. The Kier molecular flexibility index (Phi) is 6.81. The van der Waals surface area contributed by atoms with Gasteiger partial charge in [0.1, 0.15) is 11.6 Å². The Balaban J connectivity index is 1.27. The number of nitrogens with zero attached hydrogens (tertiary/aromatic N) is 3. The molecule has 6 rings (SSSR count). The number of methoxy groups -OCH3 is 1. The molecule has 3 aromatic carbocycles. The van der Waals surface area contributed by atoms with E-state index in [1.165, 1.54) is 0 Å². The second-order valence-electron chi connectivity index (χ2n) is 9.80. The van der Waals surface area contributed by atoms with Crippen molar-refractivity contribution in [1.29, 1.82) is 0 Å². The monoisotopic (exact) mass is 537 g/mol. The van der Waals surface area contributed by atoms with E-state index in [1.54, 1.807) is 18.4 Å². The number of hydrogen-bond donors (Lipinski definition) is 2. The number of morpholine rings is 1. The minimum Gasteiger partial charge on any atom is -0.497 e. The Morgan fingerprint density at radius 3 is 2.79 bits per heavy atom. The molecule has 7 nitrogen and oxygen atoms in total. The molecule has 0 aliphatic carbocycles. The van der Waals surface area contributed by atoms with E-state index >= 15 is 0 Å². The third kappa shape index (κ3) is 5.13. The number of rotatable bonds is 7. The van der Waals surface area contributed by atoms with Gasteiger partial charge in [-0.15, -0.1) is 6.58 Å². The van der Waals surface area contributed by atoms with E-state index < -0.39 is 0 Å². The molecule has 3 heterocycles. The lowest BCUT2D eigenvalue weighted by molar-refractivity contribution is 0.0104. The average Bonchev–Trinajstić information content (AvgIpc) is 3.62. The largest absolute Gasteiger partial charge is 0.497 e. The highest BCUT2D eigenvalue weighted by atomic mass is 32.1. The third-order valence-corrected chi connectivity index (χ3v) is 8.14. The summed E-state index contributed by atoms with van der Waals surface area (Å²) in [7, 11) is 1.67. The van der Waals surface area contributed by atoms with Crippen molar-refractivity contribution >= 4 is 38.1 Å². The van der Waals surface area contributed by atoms with Gasteiger partial charge in [-0.25, -0.2) is 9.97 Å². The predicted molar refractivity (Wildman–Crippen MR) is 160 cm³/mol. The number of ether oxygens (including phenoxy) is 2. The first-order chi connectivity index (χ1) is 19.0. The quantitative estimate of drug-likeness (QED) is 0.214. The Morgan fingerprint density at radius 1 is 1.15 bits per heavy atom. The molecular formula is C31H31N5O2S. The highest BCUT2D eigenvalue weighted by Gasteiger charge is 2.26. The van der Waals surface area contributed by atoms with Gasteiger partial charge in [-0.05, 0) is 73.5 Å². The van der Waals surface area contributed by atoms with Crippen LogP contribution in [0.3, 0.4) is 0 Å². The molecule has 0 spiro atoms. The van der Waals surface area contributed by atoms with Crippen LogP contribution in [0, 0.1) is 6.92 Å². The van der Waals surface area contributed by atoms with Gasteiger partial charge in [-0.1, -0.05) is 29.5 Å². The van der Waals surface area contributed by atoms with Gasteiger partial charge in [0.05, 0.1) is 53.7 Å². The number of nitrogens with one attached hydrogen (secondary N) is 2. The lowest BCUT2D eigenvalue weighted by Gasteiger charge is -2.35. The van der Waals surface area contributed by atoms with E-state index in [0.717, 1.165) is 73.8 Å². The first-order valence-corrected chi connectivity index (χ1v) is 13.8. The van der Waals surface area contributed by atoms with E-state index in [2.05, 4.69) is 66.0 Å². The maximum absolute atomic E-state index is 5.95. The fourth-order valence-electron chi connectivity index (χ4n) is 4.93. The van der Waals surface area contributed by atoms with Gasteiger partial charge in [-0.3, -0.25) is 0 Å². The van der Waals surface area contributed by atoms with Crippen molar-refractivity contribution in [2.24, 2.45) is 0 Å². The summed E-state index contributed by atoms with van der Waals surface area (Å²) in [5.74, 6) is 1.66. The van der Waals surface area contributed by atoms with Crippen LogP contribution in [0.2, 0.25) is 0 Å².